The zero-order valence-electron chi connectivity index (χ0n) is 13.8. The molecule has 0 saturated carbocycles. The van der Waals surface area contributed by atoms with Crippen molar-refractivity contribution in [3.05, 3.63) is 65.3 Å². The summed E-state index contributed by atoms with van der Waals surface area (Å²) in [6.07, 6.45) is 0. The summed E-state index contributed by atoms with van der Waals surface area (Å²) in [5.41, 5.74) is 1.32. The molecule has 0 atom stereocenters. The van der Waals surface area contributed by atoms with Gasteiger partial charge in [0, 0.05) is 22.3 Å². The highest BCUT2D eigenvalue weighted by Crippen LogP contribution is 2.23. The lowest BCUT2D eigenvalue weighted by molar-refractivity contribution is 0.101. The van der Waals surface area contributed by atoms with Crippen molar-refractivity contribution in [3.8, 4) is 11.3 Å². The van der Waals surface area contributed by atoms with Crippen molar-refractivity contribution in [2.75, 3.05) is 11.1 Å². The molecule has 6 nitrogen and oxygen atoms in total. The fourth-order valence-corrected chi connectivity index (χ4v) is 3.25. The van der Waals surface area contributed by atoms with Crippen LogP contribution in [-0.2, 0) is 9.84 Å². The normalized spacial score (nSPS) is 11.3. The summed E-state index contributed by atoms with van der Waals surface area (Å²) in [4.78, 5) is 12.5. The van der Waals surface area contributed by atoms with Crippen molar-refractivity contribution in [1.82, 2.24) is 5.16 Å². The second-order valence-electron chi connectivity index (χ2n) is 5.47. The van der Waals surface area contributed by atoms with E-state index in [9.17, 15) is 13.2 Å². The fourth-order valence-electron chi connectivity index (χ4n) is 2.24. The Morgan fingerprint density at radius 2 is 1.77 bits per heavy atom. The van der Waals surface area contributed by atoms with Crippen LogP contribution in [0.2, 0.25) is 5.02 Å². The van der Waals surface area contributed by atoms with E-state index in [1.165, 1.54) is 30.3 Å². The maximum Gasteiger partial charge on any atom is 0.277 e. The Bertz CT molecular complexity index is 1030. The molecule has 1 aromatic heterocycles. The van der Waals surface area contributed by atoms with E-state index in [0.29, 0.717) is 16.5 Å². The molecule has 0 spiro atoms. The summed E-state index contributed by atoms with van der Waals surface area (Å²) >= 11 is 5.85. The van der Waals surface area contributed by atoms with Gasteiger partial charge < -0.3 is 9.84 Å². The van der Waals surface area contributed by atoms with Gasteiger partial charge in [-0.2, -0.15) is 0 Å². The van der Waals surface area contributed by atoms with Gasteiger partial charge in [-0.1, -0.05) is 23.7 Å². The number of hydrogen-bond acceptors (Lipinski definition) is 5. The summed E-state index contributed by atoms with van der Waals surface area (Å²) in [7, 11) is -3.28. The van der Waals surface area contributed by atoms with E-state index in [4.69, 9.17) is 16.1 Å². The number of aromatic nitrogens is 1. The summed E-state index contributed by atoms with van der Waals surface area (Å²) in [5, 5.41) is 7.01. The zero-order valence-corrected chi connectivity index (χ0v) is 15.3. The maximum absolute atomic E-state index is 12.3. The van der Waals surface area contributed by atoms with Crippen molar-refractivity contribution >= 4 is 33.0 Å². The lowest BCUT2D eigenvalue weighted by Crippen LogP contribution is -2.12. The largest absolute Gasteiger partial charge is 0.355 e. The minimum atomic E-state index is -3.28. The first-order valence-electron chi connectivity index (χ1n) is 7.76. The molecule has 0 aliphatic rings. The van der Waals surface area contributed by atoms with E-state index >= 15 is 0 Å². The lowest BCUT2D eigenvalue weighted by atomic mass is 10.1. The molecule has 0 radical (unpaired) electrons. The first-order chi connectivity index (χ1) is 12.4. The number of rotatable bonds is 5. The van der Waals surface area contributed by atoms with Gasteiger partial charge in [0.25, 0.3) is 5.91 Å². The summed E-state index contributed by atoms with van der Waals surface area (Å²) in [6, 6.07) is 14.4. The minimum absolute atomic E-state index is 0.0190. The van der Waals surface area contributed by atoms with Gasteiger partial charge in [-0.15, -0.1) is 0 Å². The van der Waals surface area contributed by atoms with E-state index in [1.807, 2.05) is 0 Å². The number of hydrogen-bond donors (Lipinski definition) is 1. The molecule has 2 aromatic carbocycles. The van der Waals surface area contributed by atoms with Crippen LogP contribution < -0.4 is 5.32 Å². The first-order valence-corrected chi connectivity index (χ1v) is 9.79. The molecule has 0 aliphatic carbocycles. The highest BCUT2D eigenvalue weighted by atomic mass is 35.5. The molecule has 134 valence electrons. The third-order valence-corrected chi connectivity index (χ3v) is 5.73. The molecule has 3 rings (SSSR count). The van der Waals surface area contributed by atoms with Crippen LogP contribution in [-0.4, -0.2) is 25.2 Å². The third-order valence-electron chi connectivity index (χ3n) is 3.72. The fraction of sp³-hybridized carbons (Fsp3) is 0.111. The van der Waals surface area contributed by atoms with Gasteiger partial charge in [0.2, 0.25) is 0 Å². The van der Waals surface area contributed by atoms with Crippen LogP contribution in [0.5, 0.6) is 0 Å². The molecule has 26 heavy (non-hydrogen) atoms. The standard InChI is InChI=1S/C18H15ClN2O4S/c1-2-26(23,24)15-9-7-14(8-10-15)20-18(22)16-11-17(25-21-16)12-3-5-13(19)6-4-12/h3-11H,2H2,1H3,(H,20,22). The van der Waals surface area contributed by atoms with E-state index in [2.05, 4.69) is 10.5 Å². The molecule has 0 saturated heterocycles. The van der Waals surface area contributed by atoms with Crippen molar-refractivity contribution in [2.24, 2.45) is 0 Å². The van der Waals surface area contributed by atoms with Crippen molar-refractivity contribution < 1.29 is 17.7 Å². The predicted octanol–water partition coefficient (Wildman–Crippen LogP) is 4.04. The second-order valence-corrected chi connectivity index (χ2v) is 8.18. The predicted molar refractivity (Wildman–Crippen MR) is 99.1 cm³/mol. The Balaban J connectivity index is 1.73. The van der Waals surface area contributed by atoms with E-state index in [1.54, 1.807) is 31.2 Å². The number of sulfone groups is 1. The number of amides is 1. The summed E-state index contributed by atoms with van der Waals surface area (Å²) in [6.45, 7) is 1.58. The molecule has 0 aliphatic heterocycles. The van der Waals surface area contributed by atoms with Crippen molar-refractivity contribution in [2.45, 2.75) is 11.8 Å². The number of nitrogens with zero attached hydrogens (tertiary/aromatic N) is 1. The third kappa shape index (κ3) is 3.95. The van der Waals surface area contributed by atoms with E-state index in [0.717, 1.165) is 5.56 Å². The molecule has 0 bridgehead atoms. The van der Waals surface area contributed by atoms with Crippen LogP contribution in [0.1, 0.15) is 17.4 Å². The van der Waals surface area contributed by atoms with Gasteiger partial charge in [0.1, 0.15) is 0 Å². The first kappa shape index (κ1) is 18.2. The van der Waals surface area contributed by atoms with E-state index < -0.39 is 15.7 Å². The van der Waals surface area contributed by atoms with E-state index in [-0.39, 0.29) is 16.3 Å². The van der Waals surface area contributed by atoms with Crippen LogP contribution in [0.4, 0.5) is 5.69 Å². The number of carbonyl (C=O) groups excluding carboxylic acids is 1. The van der Waals surface area contributed by atoms with Gasteiger partial charge in [-0.05, 0) is 48.5 Å². The monoisotopic (exact) mass is 390 g/mol. The highest BCUT2D eigenvalue weighted by Gasteiger charge is 2.15. The van der Waals surface area contributed by atoms with Gasteiger partial charge in [-0.25, -0.2) is 8.42 Å². The zero-order chi connectivity index (χ0) is 18.7. The minimum Gasteiger partial charge on any atom is -0.355 e. The van der Waals surface area contributed by atoms with Crippen LogP contribution >= 0.6 is 11.6 Å². The highest BCUT2D eigenvalue weighted by molar-refractivity contribution is 7.91. The Morgan fingerprint density at radius 1 is 1.12 bits per heavy atom. The Hall–Kier alpha value is -2.64. The van der Waals surface area contributed by atoms with Crippen LogP contribution in [0.25, 0.3) is 11.3 Å². The summed E-state index contributed by atoms with van der Waals surface area (Å²) in [5.74, 6) is 0.00162. The molecule has 1 heterocycles. The topological polar surface area (TPSA) is 89.3 Å². The molecule has 3 aromatic rings. The molecular weight excluding hydrogens is 376 g/mol. The second kappa shape index (κ2) is 7.31. The number of benzene rings is 2. The van der Waals surface area contributed by atoms with Gasteiger partial charge in [0.15, 0.2) is 21.3 Å². The van der Waals surface area contributed by atoms with Crippen LogP contribution in [0, 0.1) is 0 Å². The molecule has 0 fully saturated rings. The lowest BCUT2D eigenvalue weighted by Gasteiger charge is -2.05. The molecule has 0 unspecified atom stereocenters. The smallest absolute Gasteiger partial charge is 0.277 e. The summed E-state index contributed by atoms with van der Waals surface area (Å²) < 4.78 is 28.8. The van der Waals surface area contributed by atoms with Gasteiger partial charge in [0.05, 0.1) is 10.6 Å². The SMILES string of the molecule is CCS(=O)(=O)c1ccc(NC(=O)c2cc(-c3ccc(Cl)cc3)on2)cc1. The number of carbonyl (C=O) groups is 1. The number of nitrogens with one attached hydrogen (secondary N) is 1. The maximum atomic E-state index is 12.3. The van der Waals surface area contributed by atoms with Crippen LogP contribution in [0.3, 0.4) is 0 Å². The molecule has 1 N–H and O–H groups in total. The van der Waals surface area contributed by atoms with Gasteiger partial charge in [-0.3, -0.25) is 4.79 Å². The number of halogens is 1. The number of anilines is 1. The molecule has 1 amide bonds. The average molecular weight is 391 g/mol. The molecule has 8 heteroatoms. The van der Waals surface area contributed by atoms with Crippen LogP contribution in [0.15, 0.2) is 64.0 Å². The van der Waals surface area contributed by atoms with Gasteiger partial charge >= 0.3 is 0 Å². The van der Waals surface area contributed by atoms with Crippen molar-refractivity contribution in [1.29, 1.82) is 0 Å². The Morgan fingerprint density at radius 3 is 2.38 bits per heavy atom. The average Bonchev–Trinajstić information content (AvgIpc) is 3.13. The van der Waals surface area contributed by atoms with Crippen molar-refractivity contribution in [3.63, 3.8) is 0 Å². The molecular formula is C18H15ClN2O4S. The Kier molecular flexibility index (Phi) is 5.11. The quantitative estimate of drug-likeness (QED) is 0.710. The Labute approximate surface area is 155 Å².